The summed E-state index contributed by atoms with van der Waals surface area (Å²) in [6, 6.07) is 16.9. The summed E-state index contributed by atoms with van der Waals surface area (Å²) in [6.07, 6.45) is 0. The molecule has 0 amide bonds. The third-order valence-electron chi connectivity index (χ3n) is 7.94. The van der Waals surface area contributed by atoms with Gasteiger partial charge in [0.1, 0.15) is 5.69 Å². The molecular weight excluding hydrogens is 926 g/mol. The van der Waals surface area contributed by atoms with Crippen molar-refractivity contribution in [2.45, 2.75) is 21.6 Å². The molecule has 328 valence electrons. The molecule has 0 saturated carbocycles. The Morgan fingerprint density at radius 3 is 2.03 bits per heavy atom. The van der Waals surface area contributed by atoms with Gasteiger partial charge in [-0.3, -0.25) is 19.1 Å². The van der Waals surface area contributed by atoms with Crippen molar-refractivity contribution in [2.24, 2.45) is 15.3 Å². The number of phenols is 1. The maximum atomic E-state index is 12.7. The van der Waals surface area contributed by atoms with Gasteiger partial charge in [0.25, 0.3) is 20.2 Å². The van der Waals surface area contributed by atoms with Crippen LogP contribution in [0, 0.1) is 0 Å². The Hall–Kier alpha value is -6.24. The zero-order chi connectivity index (χ0) is 45.6. The maximum Gasteiger partial charge on any atom is 0.397 e. The van der Waals surface area contributed by atoms with Crippen LogP contribution in [0.5, 0.6) is 5.75 Å². The molecule has 0 unspecified atom stereocenters. The zero-order valence-corrected chi connectivity index (χ0v) is 35.2. The number of aromatic hydroxyl groups is 1. The standard InChI is InChI=1S/C33H30ClN9O15S4/c1-2-43(20-8-10-21(11-9-20)59(47,48)15-14-58-62(55,56)57)33-37-31(34)36-32(38-33)35-26-17-23(61(52,53)54)18-27(28(26)44)40-42-29(19-6-4-3-5-7-19)41-39-25-16-22(60(49,50)51)12-13-24(25)30(45)46/h3-13,16-18,39,44H,2,14-15H2,1H3,(H,45,46)(H,49,50,51)(H,52,53,54)(H,55,56,57)(H,35,36,37,38)/b41-29+,42-40?. The van der Waals surface area contributed by atoms with Gasteiger partial charge < -0.3 is 20.4 Å². The maximum absolute atomic E-state index is 12.7. The number of rotatable bonds is 17. The van der Waals surface area contributed by atoms with Crippen molar-refractivity contribution in [3.8, 4) is 5.75 Å². The molecule has 0 aliphatic carbocycles. The monoisotopic (exact) mass is 955 g/mol. The number of hydrazone groups is 1. The number of aromatic nitrogens is 3. The predicted octanol–water partition coefficient (Wildman–Crippen LogP) is 4.47. The SMILES string of the molecule is CCN(c1ccc(S(=O)(=O)CCOS(=O)(=O)O)cc1)c1nc(Cl)nc(Nc2cc(S(=O)(=O)O)cc(N=N/C(=N/Nc3cc(S(=O)(=O)O)ccc3C(=O)O)c3ccccc3)c2O)n1. The molecule has 4 aromatic carbocycles. The van der Waals surface area contributed by atoms with Crippen molar-refractivity contribution in [3.63, 3.8) is 0 Å². The highest BCUT2D eigenvalue weighted by Gasteiger charge is 2.22. The molecule has 7 N–H and O–H groups in total. The van der Waals surface area contributed by atoms with E-state index < -0.39 is 102 Å². The largest absolute Gasteiger partial charge is 0.504 e. The van der Waals surface area contributed by atoms with Crippen LogP contribution in [0.4, 0.5) is 34.6 Å². The highest BCUT2D eigenvalue weighted by molar-refractivity contribution is 7.91. The summed E-state index contributed by atoms with van der Waals surface area (Å²) in [6.45, 7) is 0.976. The highest BCUT2D eigenvalue weighted by atomic mass is 35.5. The van der Waals surface area contributed by atoms with E-state index in [0.29, 0.717) is 5.69 Å². The smallest absolute Gasteiger partial charge is 0.397 e. The number of amidine groups is 1. The Morgan fingerprint density at radius 1 is 0.806 bits per heavy atom. The fourth-order valence-corrected chi connectivity index (χ4v) is 7.78. The van der Waals surface area contributed by atoms with Crippen LogP contribution in [0.25, 0.3) is 0 Å². The molecule has 29 heteroatoms. The number of azo groups is 1. The quantitative estimate of drug-likeness (QED) is 0.0169. The first kappa shape index (κ1) is 46.8. The number of nitrogens with zero attached hydrogens (tertiary/aromatic N) is 7. The van der Waals surface area contributed by atoms with Crippen LogP contribution in [0.3, 0.4) is 0 Å². The number of hydrogen-bond donors (Lipinski definition) is 7. The Labute approximate surface area is 357 Å². The number of carboxylic acids is 1. The van der Waals surface area contributed by atoms with Gasteiger partial charge in [0, 0.05) is 17.8 Å². The van der Waals surface area contributed by atoms with Crippen LogP contribution in [0.2, 0.25) is 5.28 Å². The molecular formula is C33H30ClN9O15S4. The van der Waals surface area contributed by atoms with Gasteiger partial charge in [0.15, 0.2) is 15.6 Å². The van der Waals surface area contributed by atoms with E-state index in [9.17, 15) is 57.8 Å². The Balaban J connectivity index is 1.50. The number of hydrogen-bond acceptors (Lipinski definition) is 19. The first-order chi connectivity index (χ1) is 28.9. The number of benzene rings is 4. The molecule has 0 saturated heterocycles. The minimum absolute atomic E-state index is 0.137. The summed E-state index contributed by atoms with van der Waals surface area (Å²) >= 11 is 6.21. The molecule has 62 heavy (non-hydrogen) atoms. The summed E-state index contributed by atoms with van der Waals surface area (Å²) < 4.78 is 127. The lowest BCUT2D eigenvalue weighted by atomic mass is 10.2. The lowest BCUT2D eigenvalue weighted by Crippen LogP contribution is -2.20. The van der Waals surface area contributed by atoms with Crippen LogP contribution >= 0.6 is 11.6 Å². The predicted molar refractivity (Wildman–Crippen MR) is 219 cm³/mol. The number of aromatic carboxylic acids is 1. The van der Waals surface area contributed by atoms with Crippen molar-refractivity contribution in [1.29, 1.82) is 0 Å². The van der Waals surface area contributed by atoms with E-state index in [2.05, 4.69) is 45.2 Å². The molecule has 0 fully saturated rings. The number of sulfone groups is 1. The van der Waals surface area contributed by atoms with Crippen LogP contribution in [-0.2, 0) is 44.7 Å². The van der Waals surface area contributed by atoms with E-state index in [1.54, 1.807) is 25.1 Å². The minimum Gasteiger partial charge on any atom is -0.504 e. The Kier molecular flexibility index (Phi) is 14.2. The van der Waals surface area contributed by atoms with Crippen molar-refractivity contribution in [3.05, 3.63) is 101 Å². The van der Waals surface area contributed by atoms with Crippen molar-refractivity contribution in [2.75, 3.05) is 34.5 Å². The Morgan fingerprint density at radius 2 is 1.44 bits per heavy atom. The molecule has 0 aliphatic rings. The third kappa shape index (κ3) is 12.2. The number of anilines is 5. The number of halogens is 1. The van der Waals surface area contributed by atoms with E-state index in [-0.39, 0.29) is 34.7 Å². The zero-order valence-electron chi connectivity index (χ0n) is 31.2. The van der Waals surface area contributed by atoms with E-state index in [1.165, 1.54) is 41.3 Å². The summed E-state index contributed by atoms with van der Waals surface area (Å²) in [5.41, 5.74) is 0.972. The second kappa shape index (κ2) is 18.8. The average Bonchev–Trinajstić information content (AvgIpc) is 3.18. The second-order valence-corrected chi connectivity index (χ2v) is 18.5. The summed E-state index contributed by atoms with van der Waals surface area (Å²) in [5, 5.41) is 35.0. The normalized spacial score (nSPS) is 12.6. The van der Waals surface area contributed by atoms with Crippen molar-refractivity contribution < 1.29 is 66.5 Å². The molecule has 0 atom stereocenters. The molecule has 5 rings (SSSR count). The molecule has 0 spiro atoms. The molecule has 1 aromatic heterocycles. The number of nitrogens with one attached hydrogen (secondary N) is 2. The lowest BCUT2D eigenvalue weighted by Gasteiger charge is -2.22. The molecule has 0 bridgehead atoms. The highest BCUT2D eigenvalue weighted by Crippen LogP contribution is 2.39. The van der Waals surface area contributed by atoms with Gasteiger partial charge in [-0.15, -0.1) is 10.2 Å². The van der Waals surface area contributed by atoms with Crippen molar-refractivity contribution >= 4 is 98.5 Å². The van der Waals surface area contributed by atoms with Gasteiger partial charge in [-0.2, -0.15) is 45.3 Å². The summed E-state index contributed by atoms with van der Waals surface area (Å²) in [7, 11) is -18.7. The first-order valence-corrected chi connectivity index (χ1v) is 23.1. The van der Waals surface area contributed by atoms with Crippen LogP contribution in [0.15, 0.2) is 115 Å². The molecule has 5 aromatic rings. The topological polar surface area (TPSA) is 367 Å². The summed E-state index contributed by atoms with van der Waals surface area (Å²) in [5.74, 6) is -3.93. The fraction of sp³-hybridized carbons (Fsp3) is 0.121. The van der Waals surface area contributed by atoms with Crippen molar-refractivity contribution in [1.82, 2.24) is 15.0 Å². The van der Waals surface area contributed by atoms with Crippen LogP contribution in [-0.4, -0.2) is 103 Å². The first-order valence-electron chi connectivity index (χ1n) is 16.9. The average molecular weight is 956 g/mol. The fourth-order valence-electron chi connectivity index (χ4n) is 5.10. The second-order valence-electron chi connectivity index (χ2n) is 12.1. The van der Waals surface area contributed by atoms with E-state index in [0.717, 1.165) is 30.3 Å². The van der Waals surface area contributed by atoms with Gasteiger partial charge in [-0.1, -0.05) is 30.3 Å². The van der Waals surface area contributed by atoms with Gasteiger partial charge >= 0.3 is 16.4 Å². The number of carboxylic acid groups (broad SMARTS) is 1. The minimum atomic E-state index is -5.01. The molecule has 1 heterocycles. The van der Waals surface area contributed by atoms with Gasteiger partial charge in [0.2, 0.25) is 23.0 Å². The molecule has 24 nitrogen and oxygen atoms in total. The molecule has 0 radical (unpaired) electrons. The van der Waals surface area contributed by atoms with Crippen LogP contribution < -0.4 is 15.6 Å². The third-order valence-corrected chi connectivity index (χ3v) is 11.9. The number of phenolic OH excluding ortho intramolecular Hbond substituents is 1. The molecule has 0 aliphatic heterocycles. The van der Waals surface area contributed by atoms with Gasteiger partial charge in [-0.25, -0.2) is 17.4 Å². The number of carbonyl (C=O) groups is 1. The van der Waals surface area contributed by atoms with Gasteiger partial charge in [-0.05, 0) is 73.1 Å². The van der Waals surface area contributed by atoms with Gasteiger partial charge in [0.05, 0.1) is 44.0 Å². The van der Waals surface area contributed by atoms with E-state index in [4.69, 9.17) is 16.2 Å². The Bertz CT molecular complexity index is 3030. The van der Waals surface area contributed by atoms with Crippen LogP contribution in [0.1, 0.15) is 22.8 Å². The summed E-state index contributed by atoms with van der Waals surface area (Å²) in [4.78, 5) is 23.9. The lowest BCUT2D eigenvalue weighted by molar-refractivity contribution is 0.0697. The van der Waals surface area contributed by atoms with E-state index in [1.807, 2.05) is 0 Å². The van der Waals surface area contributed by atoms with E-state index >= 15 is 0 Å².